The van der Waals surface area contributed by atoms with Crippen molar-refractivity contribution in [3.05, 3.63) is 0 Å². The number of piperazine rings is 1. The highest BCUT2D eigenvalue weighted by atomic mass is 32.2. The molecule has 3 aliphatic rings. The van der Waals surface area contributed by atoms with Crippen LogP contribution in [0.25, 0.3) is 0 Å². The van der Waals surface area contributed by atoms with Crippen LogP contribution in [-0.4, -0.2) is 57.8 Å². The molecule has 3 rings (SSSR count). The minimum atomic E-state index is -0.264. The monoisotopic (exact) mass is 296 g/mol. The van der Waals surface area contributed by atoms with E-state index in [1.54, 1.807) is 0 Å². The third kappa shape index (κ3) is 2.57. The maximum absolute atomic E-state index is 12.7. The van der Waals surface area contributed by atoms with Crippen LogP contribution in [0.2, 0.25) is 0 Å². The van der Waals surface area contributed by atoms with Crippen molar-refractivity contribution in [1.29, 1.82) is 0 Å². The summed E-state index contributed by atoms with van der Waals surface area (Å²) >= 11 is 1.97. The molecule has 112 valence electrons. The zero-order valence-corrected chi connectivity index (χ0v) is 13.0. The van der Waals surface area contributed by atoms with Gasteiger partial charge in [-0.25, -0.2) is 0 Å². The van der Waals surface area contributed by atoms with Crippen LogP contribution in [0.4, 0.5) is 0 Å². The van der Waals surface area contributed by atoms with E-state index in [0.29, 0.717) is 5.25 Å². The van der Waals surface area contributed by atoms with Crippen LogP contribution in [0.15, 0.2) is 0 Å². The largest absolute Gasteiger partial charge is 0.329 e. The normalized spacial score (nSPS) is 35.1. The van der Waals surface area contributed by atoms with E-state index in [-0.39, 0.29) is 23.9 Å². The van der Waals surface area contributed by atoms with E-state index in [1.807, 2.05) is 28.5 Å². The van der Waals surface area contributed by atoms with Gasteiger partial charge in [-0.05, 0) is 44.8 Å². The molecule has 0 aromatic rings. The van der Waals surface area contributed by atoms with Crippen molar-refractivity contribution in [1.82, 2.24) is 9.80 Å². The number of piperidine rings is 1. The Labute approximate surface area is 125 Å². The lowest BCUT2D eigenvalue weighted by Crippen LogP contribution is -2.65. The van der Waals surface area contributed by atoms with E-state index >= 15 is 0 Å². The number of rotatable bonds is 2. The highest BCUT2D eigenvalue weighted by Gasteiger charge is 2.45. The Balaban J connectivity index is 1.72. The Kier molecular flexibility index (Phi) is 4.24. The van der Waals surface area contributed by atoms with Gasteiger partial charge in [-0.2, -0.15) is 11.8 Å². The topological polar surface area (TPSA) is 40.6 Å². The number of amides is 2. The standard InChI is InChI=1S/C15H24N2O2S/c1-11-14(18)16-8-4-2-7-13(16)15(19)17(11)10-12-6-3-5-9-20-12/h11-13H,2-10H2,1H3. The van der Waals surface area contributed by atoms with Gasteiger partial charge in [0.05, 0.1) is 0 Å². The summed E-state index contributed by atoms with van der Waals surface area (Å²) in [6, 6.07) is -0.430. The molecule has 3 heterocycles. The molecule has 0 bridgehead atoms. The molecule has 0 saturated carbocycles. The van der Waals surface area contributed by atoms with Crippen LogP contribution in [0, 0.1) is 0 Å². The van der Waals surface area contributed by atoms with E-state index in [1.165, 1.54) is 25.0 Å². The molecular weight excluding hydrogens is 272 g/mol. The molecular formula is C15H24N2O2S. The van der Waals surface area contributed by atoms with Gasteiger partial charge in [0, 0.05) is 18.3 Å². The molecule has 3 fully saturated rings. The van der Waals surface area contributed by atoms with Gasteiger partial charge in [0.1, 0.15) is 12.1 Å². The molecule has 3 saturated heterocycles. The molecule has 0 radical (unpaired) electrons. The fraction of sp³-hybridized carbons (Fsp3) is 0.867. The Morgan fingerprint density at radius 3 is 2.65 bits per heavy atom. The van der Waals surface area contributed by atoms with Crippen molar-refractivity contribution in [3.63, 3.8) is 0 Å². The first-order valence-electron chi connectivity index (χ1n) is 7.91. The van der Waals surface area contributed by atoms with E-state index in [9.17, 15) is 9.59 Å². The number of carbonyl (C=O) groups is 2. The second kappa shape index (κ2) is 5.96. The smallest absolute Gasteiger partial charge is 0.246 e. The Morgan fingerprint density at radius 2 is 1.90 bits per heavy atom. The summed E-state index contributed by atoms with van der Waals surface area (Å²) in [6.45, 7) is 3.44. The molecule has 2 amide bonds. The van der Waals surface area contributed by atoms with Gasteiger partial charge in [0.25, 0.3) is 0 Å². The molecule has 0 aliphatic carbocycles. The van der Waals surface area contributed by atoms with Crippen molar-refractivity contribution in [2.75, 3.05) is 18.8 Å². The number of thioether (sulfide) groups is 1. The van der Waals surface area contributed by atoms with Crippen LogP contribution < -0.4 is 0 Å². The lowest BCUT2D eigenvalue weighted by molar-refractivity contribution is -0.162. The van der Waals surface area contributed by atoms with Gasteiger partial charge < -0.3 is 9.80 Å². The fourth-order valence-corrected chi connectivity index (χ4v) is 4.93. The second-order valence-corrected chi connectivity index (χ2v) is 7.61. The van der Waals surface area contributed by atoms with Gasteiger partial charge in [0.2, 0.25) is 11.8 Å². The maximum atomic E-state index is 12.7. The number of carbonyl (C=O) groups excluding carboxylic acids is 2. The van der Waals surface area contributed by atoms with Gasteiger partial charge in [-0.3, -0.25) is 9.59 Å². The first kappa shape index (κ1) is 14.2. The highest BCUT2D eigenvalue weighted by molar-refractivity contribution is 7.99. The number of fused-ring (bicyclic) bond motifs is 1. The summed E-state index contributed by atoms with van der Waals surface area (Å²) in [7, 11) is 0. The summed E-state index contributed by atoms with van der Waals surface area (Å²) in [5.74, 6) is 1.56. The molecule has 0 spiro atoms. The van der Waals surface area contributed by atoms with E-state index in [0.717, 1.165) is 32.4 Å². The molecule has 0 aromatic heterocycles. The first-order valence-corrected chi connectivity index (χ1v) is 8.96. The van der Waals surface area contributed by atoms with Crippen LogP contribution in [0.3, 0.4) is 0 Å². The van der Waals surface area contributed by atoms with Crippen molar-refractivity contribution < 1.29 is 9.59 Å². The SMILES string of the molecule is CC1C(=O)N2CCCCC2C(=O)N1CC1CCCCS1. The predicted molar refractivity (Wildman–Crippen MR) is 80.6 cm³/mol. The molecule has 4 nitrogen and oxygen atoms in total. The molecule has 3 aliphatic heterocycles. The lowest BCUT2D eigenvalue weighted by Gasteiger charge is -2.47. The van der Waals surface area contributed by atoms with E-state index in [4.69, 9.17) is 0 Å². The third-order valence-corrected chi connectivity index (χ3v) is 6.23. The summed E-state index contributed by atoms with van der Waals surface area (Å²) in [6.07, 6.45) is 6.70. The van der Waals surface area contributed by atoms with Crippen LogP contribution in [0.1, 0.15) is 45.4 Å². The van der Waals surface area contributed by atoms with Gasteiger partial charge >= 0.3 is 0 Å². The van der Waals surface area contributed by atoms with Crippen molar-refractivity contribution >= 4 is 23.6 Å². The Bertz CT molecular complexity index is 395. The fourth-order valence-electron chi connectivity index (χ4n) is 3.63. The molecule has 5 heteroatoms. The highest BCUT2D eigenvalue weighted by Crippen LogP contribution is 2.30. The van der Waals surface area contributed by atoms with Crippen LogP contribution >= 0.6 is 11.8 Å². The second-order valence-electron chi connectivity index (χ2n) is 6.20. The lowest BCUT2D eigenvalue weighted by atomic mass is 9.95. The maximum Gasteiger partial charge on any atom is 0.246 e. The minimum Gasteiger partial charge on any atom is -0.329 e. The molecule has 3 unspecified atom stereocenters. The van der Waals surface area contributed by atoms with Crippen molar-refractivity contribution in [2.45, 2.75) is 62.8 Å². The van der Waals surface area contributed by atoms with E-state index < -0.39 is 0 Å². The molecule has 0 N–H and O–H groups in total. The minimum absolute atomic E-state index is 0.162. The van der Waals surface area contributed by atoms with Crippen molar-refractivity contribution in [2.24, 2.45) is 0 Å². The van der Waals surface area contributed by atoms with E-state index in [2.05, 4.69) is 0 Å². The zero-order valence-electron chi connectivity index (χ0n) is 12.2. The number of nitrogens with zero attached hydrogens (tertiary/aromatic N) is 2. The quantitative estimate of drug-likeness (QED) is 0.781. The van der Waals surface area contributed by atoms with Gasteiger partial charge in [0.15, 0.2) is 0 Å². The molecule has 20 heavy (non-hydrogen) atoms. The summed E-state index contributed by atoms with van der Waals surface area (Å²) < 4.78 is 0. The average molecular weight is 296 g/mol. The van der Waals surface area contributed by atoms with Gasteiger partial charge in [-0.1, -0.05) is 6.42 Å². The molecule has 0 aromatic carbocycles. The van der Waals surface area contributed by atoms with Crippen LogP contribution in [0.5, 0.6) is 0 Å². The Hall–Kier alpha value is -0.710. The number of hydrogen-bond acceptors (Lipinski definition) is 3. The van der Waals surface area contributed by atoms with Crippen molar-refractivity contribution in [3.8, 4) is 0 Å². The summed E-state index contributed by atoms with van der Waals surface area (Å²) in [4.78, 5) is 28.9. The van der Waals surface area contributed by atoms with Gasteiger partial charge in [-0.15, -0.1) is 0 Å². The molecule has 3 atom stereocenters. The number of hydrogen-bond donors (Lipinski definition) is 0. The zero-order chi connectivity index (χ0) is 14.1. The predicted octanol–water partition coefficient (Wildman–Crippen LogP) is 1.88. The third-order valence-electron chi connectivity index (χ3n) is 4.85. The summed E-state index contributed by atoms with van der Waals surface area (Å²) in [5, 5.41) is 0.526. The Morgan fingerprint density at radius 1 is 1.10 bits per heavy atom. The summed E-state index contributed by atoms with van der Waals surface area (Å²) in [5.41, 5.74) is 0. The average Bonchev–Trinajstić information content (AvgIpc) is 2.50. The van der Waals surface area contributed by atoms with Crippen LogP contribution in [-0.2, 0) is 9.59 Å². The first-order chi connectivity index (χ1) is 9.68.